The normalized spacial score (nSPS) is 12.0. The van der Waals surface area contributed by atoms with Crippen LogP contribution in [0.15, 0.2) is 33.2 Å². The molecule has 0 saturated heterocycles. The molecule has 2 rings (SSSR count). The van der Waals surface area contributed by atoms with Gasteiger partial charge in [-0.15, -0.1) is 0 Å². The van der Waals surface area contributed by atoms with Gasteiger partial charge in [0.2, 0.25) is 10.0 Å². The molecule has 10 heteroatoms. The molecule has 0 unspecified atom stereocenters. The minimum atomic E-state index is -3.99. The lowest BCUT2D eigenvalue weighted by Crippen LogP contribution is -2.43. The smallest absolute Gasteiger partial charge is 0.330 e. The van der Waals surface area contributed by atoms with E-state index in [1.807, 2.05) is 4.57 Å². The second-order valence-corrected chi connectivity index (χ2v) is 7.58. The molecule has 24 heavy (non-hydrogen) atoms. The Morgan fingerprint density at radius 3 is 2.46 bits per heavy atom. The van der Waals surface area contributed by atoms with Crippen LogP contribution in [-0.4, -0.2) is 45.0 Å². The fourth-order valence-corrected chi connectivity index (χ4v) is 3.93. The summed E-state index contributed by atoms with van der Waals surface area (Å²) in [6.45, 7) is 2.31. The highest BCUT2D eigenvalue weighted by molar-refractivity contribution is 7.89. The van der Waals surface area contributed by atoms with Crippen LogP contribution in [0.4, 0.5) is 0 Å². The third-order valence-corrected chi connectivity index (χ3v) is 6.01. The van der Waals surface area contributed by atoms with E-state index < -0.39 is 21.3 Å². The lowest BCUT2D eigenvalue weighted by Gasteiger charge is -2.19. The van der Waals surface area contributed by atoms with Crippen LogP contribution in [0.25, 0.3) is 0 Å². The van der Waals surface area contributed by atoms with Crippen LogP contribution >= 0.6 is 0 Å². The van der Waals surface area contributed by atoms with Crippen LogP contribution in [0.5, 0.6) is 0 Å². The third-order valence-electron chi connectivity index (χ3n) is 4.02. The van der Waals surface area contributed by atoms with Gasteiger partial charge in [-0.3, -0.25) is 13.9 Å². The number of imidazole rings is 1. The lowest BCUT2D eigenvalue weighted by atomic mass is 10.4. The summed E-state index contributed by atoms with van der Waals surface area (Å²) in [5.74, 6) is 0. The molecule has 0 spiro atoms. The van der Waals surface area contributed by atoms with E-state index in [1.165, 1.54) is 28.1 Å². The van der Waals surface area contributed by atoms with Crippen LogP contribution in [0.3, 0.4) is 0 Å². The van der Waals surface area contributed by atoms with E-state index in [9.17, 15) is 18.0 Å². The third kappa shape index (κ3) is 3.20. The van der Waals surface area contributed by atoms with Crippen molar-refractivity contribution >= 4 is 10.0 Å². The van der Waals surface area contributed by atoms with Crippen molar-refractivity contribution in [3.63, 3.8) is 0 Å². The molecule has 9 nitrogen and oxygen atoms in total. The van der Waals surface area contributed by atoms with Gasteiger partial charge in [-0.25, -0.2) is 22.5 Å². The first kappa shape index (κ1) is 18.1. The first-order valence-electron chi connectivity index (χ1n) is 7.36. The predicted octanol–water partition coefficient (Wildman–Crippen LogP) is -0.700. The Bertz CT molecular complexity index is 941. The molecule has 0 fully saturated rings. The maximum absolute atomic E-state index is 12.8. The van der Waals surface area contributed by atoms with Crippen LogP contribution in [0, 0.1) is 6.92 Å². The number of sulfonamides is 1. The Kier molecular flexibility index (Phi) is 5.09. The molecule has 2 aromatic rings. The van der Waals surface area contributed by atoms with Crippen molar-refractivity contribution in [1.29, 1.82) is 0 Å². The molecule has 132 valence electrons. The van der Waals surface area contributed by atoms with Crippen molar-refractivity contribution in [2.24, 2.45) is 14.1 Å². The summed E-state index contributed by atoms with van der Waals surface area (Å²) in [6.07, 6.45) is 5.66. The molecule has 0 aliphatic carbocycles. The van der Waals surface area contributed by atoms with Crippen molar-refractivity contribution in [3.05, 3.63) is 45.3 Å². The molecular formula is C14H21N5O4S. The van der Waals surface area contributed by atoms with E-state index in [0.717, 1.165) is 13.4 Å². The van der Waals surface area contributed by atoms with Crippen LogP contribution < -0.4 is 11.2 Å². The summed E-state index contributed by atoms with van der Waals surface area (Å²) in [5.41, 5.74) is -1.24. The van der Waals surface area contributed by atoms with Crippen molar-refractivity contribution in [3.8, 4) is 0 Å². The fraction of sp³-hybridized carbons (Fsp3) is 0.500. The van der Waals surface area contributed by atoms with Gasteiger partial charge in [0.05, 0.1) is 6.33 Å². The van der Waals surface area contributed by atoms with E-state index in [4.69, 9.17) is 0 Å². The number of hydrogen-bond acceptors (Lipinski definition) is 5. The zero-order valence-electron chi connectivity index (χ0n) is 14.1. The second-order valence-electron chi connectivity index (χ2n) is 5.60. The molecule has 0 atom stereocenters. The van der Waals surface area contributed by atoms with Gasteiger partial charge in [-0.1, -0.05) is 0 Å². The zero-order valence-corrected chi connectivity index (χ0v) is 14.9. The minimum Gasteiger partial charge on any atom is -0.337 e. The molecule has 2 heterocycles. The monoisotopic (exact) mass is 355 g/mol. The summed E-state index contributed by atoms with van der Waals surface area (Å²) in [7, 11) is 0.142. The first-order chi connectivity index (χ1) is 11.2. The molecule has 0 saturated carbocycles. The molecule has 0 aliphatic rings. The SMILES string of the molecule is Cc1c(S(=O)(=O)N(C)CCCn2ccnc2)c(=O)n(C)c(=O)n1C. The van der Waals surface area contributed by atoms with E-state index in [2.05, 4.69) is 4.98 Å². The maximum Gasteiger partial charge on any atom is 0.330 e. The topological polar surface area (TPSA) is 99.2 Å². The first-order valence-corrected chi connectivity index (χ1v) is 8.80. The van der Waals surface area contributed by atoms with Gasteiger partial charge in [-0.05, 0) is 13.3 Å². The van der Waals surface area contributed by atoms with Crippen LogP contribution in [-0.2, 0) is 30.7 Å². The van der Waals surface area contributed by atoms with E-state index in [1.54, 1.807) is 18.7 Å². The number of nitrogens with zero attached hydrogens (tertiary/aromatic N) is 5. The number of aromatic nitrogens is 4. The average molecular weight is 355 g/mol. The Balaban J connectivity index is 2.30. The predicted molar refractivity (Wildman–Crippen MR) is 88.3 cm³/mol. The molecule has 0 radical (unpaired) electrons. The fourth-order valence-electron chi connectivity index (χ4n) is 2.38. The van der Waals surface area contributed by atoms with Crippen LogP contribution in [0.2, 0.25) is 0 Å². The van der Waals surface area contributed by atoms with Crippen molar-refractivity contribution in [1.82, 2.24) is 23.0 Å². The summed E-state index contributed by atoms with van der Waals surface area (Å²) in [4.78, 5) is 27.7. The zero-order chi connectivity index (χ0) is 18.1. The maximum atomic E-state index is 12.8. The second kappa shape index (κ2) is 6.73. The van der Waals surface area contributed by atoms with Gasteiger partial charge in [0.25, 0.3) is 5.56 Å². The summed E-state index contributed by atoms with van der Waals surface area (Å²) < 4.78 is 30.5. The Labute approximate surface area is 139 Å². The van der Waals surface area contributed by atoms with Crippen molar-refractivity contribution in [2.75, 3.05) is 13.6 Å². The van der Waals surface area contributed by atoms with E-state index in [-0.39, 0.29) is 17.1 Å². The summed E-state index contributed by atoms with van der Waals surface area (Å²) >= 11 is 0. The Morgan fingerprint density at radius 2 is 1.88 bits per heavy atom. The highest BCUT2D eigenvalue weighted by Crippen LogP contribution is 2.13. The molecular weight excluding hydrogens is 334 g/mol. The molecule has 0 aromatic carbocycles. The van der Waals surface area contributed by atoms with Gasteiger partial charge < -0.3 is 4.57 Å². The van der Waals surface area contributed by atoms with E-state index >= 15 is 0 Å². The highest BCUT2D eigenvalue weighted by Gasteiger charge is 2.28. The minimum absolute atomic E-state index is 0.129. The molecule has 0 bridgehead atoms. The molecule has 2 aromatic heterocycles. The van der Waals surface area contributed by atoms with Gasteiger partial charge in [0, 0.05) is 52.3 Å². The van der Waals surface area contributed by atoms with Gasteiger partial charge in [0.15, 0.2) is 4.90 Å². The summed E-state index contributed by atoms with van der Waals surface area (Å²) in [5, 5.41) is 0. The lowest BCUT2D eigenvalue weighted by molar-refractivity contribution is 0.442. The quantitative estimate of drug-likeness (QED) is 0.682. The average Bonchev–Trinajstić information content (AvgIpc) is 3.04. The van der Waals surface area contributed by atoms with Gasteiger partial charge in [0.1, 0.15) is 0 Å². The Hall–Kier alpha value is -2.20. The van der Waals surface area contributed by atoms with Crippen molar-refractivity contribution in [2.45, 2.75) is 24.8 Å². The highest BCUT2D eigenvalue weighted by atomic mass is 32.2. The van der Waals surface area contributed by atoms with E-state index in [0.29, 0.717) is 13.0 Å². The Morgan fingerprint density at radius 1 is 1.21 bits per heavy atom. The standard InChI is InChI=1S/C14H21N5O4S/c1-11-12(13(20)18(4)14(21)17(11)3)24(22,23)16(2)7-5-8-19-9-6-15-10-19/h6,9-10H,5,7-8H2,1-4H3. The number of rotatable bonds is 6. The van der Waals surface area contributed by atoms with Crippen LogP contribution in [0.1, 0.15) is 12.1 Å². The number of hydrogen-bond donors (Lipinski definition) is 0. The van der Waals surface area contributed by atoms with Crippen molar-refractivity contribution < 1.29 is 8.42 Å². The molecule has 0 aliphatic heterocycles. The largest absolute Gasteiger partial charge is 0.337 e. The number of aryl methyl sites for hydroxylation is 1. The van der Waals surface area contributed by atoms with Gasteiger partial charge in [-0.2, -0.15) is 0 Å². The summed E-state index contributed by atoms with van der Waals surface area (Å²) in [6, 6.07) is 0. The molecule has 0 amide bonds. The van der Waals surface area contributed by atoms with Gasteiger partial charge >= 0.3 is 5.69 Å². The molecule has 0 N–H and O–H groups in total.